The number of ether oxygens (including phenoxy) is 1. The molecular formula is C21H25FN2O2. The highest BCUT2D eigenvalue weighted by Gasteiger charge is 2.21. The van der Waals surface area contributed by atoms with Crippen molar-refractivity contribution in [2.45, 2.75) is 44.9 Å². The Bertz CT molecular complexity index is 710. The second-order valence-electron chi connectivity index (χ2n) is 6.72. The molecule has 0 aromatic heterocycles. The molecule has 1 aliphatic heterocycles. The van der Waals surface area contributed by atoms with Crippen LogP contribution in [0.15, 0.2) is 48.5 Å². The average Bonchev–Trinajstić information content (AvgIpc) is 2.68. The predicted octanol–water partition coefficient (Wildman–Crippen LogP) is 3.72. The molecule has 3 rings (SSSR count). The zero-order valence-corrected chi connectivity index (χ0v) is 15.0. The number of amides is 1. The summed E-state index contributed by atoms with van der Waals surface area (Å²) in [5.41, 5.74) is 1.94. The fraction of sp³-hybridized carbons (Fsp3) is 0.381. The molecule has 2 aromatic rings. The van der Waals surface area contributed by atoms with Crippen molar-refractivity contribution in [3.05, 3.63) is 65.5 Å². The molecule has 0 saturated carbocycles. The van der Waals surface area contributed by atoms with Gasteiger partial charge in [0.25, 0.3) is 0 Å². The second kappa shape index (κ2) is 8.81. The molecule has 2 N–H and O–H groups in total. The lowest BCUT2D eigenvalue weighted by atomic mass is 10.0. The lowest BCUT2D eigenvalue weighted by Crippen LogP contribution is -2.47. The van der Waals surface area contributed by atoms with Crippen LogP contribution in [0.3, 0.4) is 0 Å². The van der Waals surface area contributed by atoms with Crippen LogP contribution in [0.4, 0.5) is 4.39 Å². The zero-order valence-electron chi connectivity index (χ0n) is 15.0. The maximum Gasteiger partial charge on any atom is 0.237 e. The van der Waals surface area contributed by atoms with E-state index in [4.69, 9.17) is 4.74 Å². The van der Waals surface area contributed by atoms with Gasteiger partial charge in [-0.25, -0.2) is 4.39 Å². The number of piperidine rings is 1. The van der Waals surface area contributed by atoms with Crippen LogP contribution in [0.5, 0.6) is 5.75 Å². The number of benzene rings is 2. The third-order valence-corrected chi connectivity index (χ3v) is 4.68. The van der Waals surface area contributed by atoms with Crippen molar-refractivity contribution >= 4 is 5.91 Å². The summed E-state index contributed by atoms with van der Waals surface area (Å²) in [5.74, 6) is 0.553. The van der Waals surface area contributed by atoms with Gasteiger partial charge in [0.05, 0.1) is 12.1 Å². The van der Waals surface area contributed by atoms with Gasteiger partial charge < -0.3 is 15.4 Å². The van der Waals surface area contributed by atoms with Gasteiger partial charge in [0.1, 0.15) is 18.2 Å². The molecule has 0 radical (unpaired) electrons. The fourth-order valence-corrected chi connectivity index (χ4v) is 3.07. The Hall–Kier alpha value is -2.40. The molecule has 1 amide bonds. The maximum absolute atomic E-state index is 12.9. The molecule has 4 nitrogen and oxygen atoms in total. The van der Waals surface area contributed by atoms with Gasteiger partial charge in [-0.05, 0) is 61.7 Å². The molecule has 1 fully saturated rings. The number of rotatable bonds is 6. The molecule has 26 heavy (non-hydrogen) atoms. The zero-order chi connectivity index (χ0) is 18.4. The average molecular weight is 356 g/mol. The highest BCUT2D eigenvalue weighted by Crippen LogP contribution is 2.19. The van der Waals surface area contributed by atoms with Crippen molar-refractivity contribution in [1.82, 2.24) is 10.6 Å². The molecule has 1 heterocycles. The molecule has 0 aliphatic carbocycles. The van der Waals surface area contributed by atoms with Crippen molar-refractivity contribution in [3.63, 3.8) is 0 Å². The topological polar surface area (TPSA) is 50.4 Å². The van der Waals surface area contributed by atoms with E-state index in [1.165, 1.54) is 12.1 Å². The number of halogens is 1. The van der Waals surface area contributed by atoms with E-state index < -0.39 is 0 Å². The minimum Gasteiger partial charge on any atom is -0.489 e. The van der Waals surface area contributed by atoms with Crippen LogP contribution >= 0.6 is 0 Å². The van der Waals surface area contributed by atoms with E-state index in [-0.39, 0.29) is 23.8 Å². The van der Waals surface area contributed by atoms with Crippen LogP contribution in [0, 0.1) is 5.82 Å². The lowest BCUT2D eigenvalue weighted by Gasteiger charge is -2.24. The monoisotopic (exact) mass is 356 g/mol. The van der Waals surface area contributed by atoms with Gasteiger partial charge in [0.15, 0.2) is 0 Å². The summed E-state index contributed by atoms with van der Waals surface area (Å²) in [6, 6.07) is 13.8. The Labute approximate surface area is 153 Å². The van der Waals surface area contributed by atoms with Crippen LogP contribution in [0.25, 0.3) is 0 Å². The molecule has 138 valence electrons. The van der Waals surface area contributed by atoms with Crippen molar-refractivity contribution < 1.29 is 13.9 Å². The Morgan fingerprint density at radius 1 is 1.19 bits per heavy atom. The summed E-state index contributed by atoms with van der Waals surface area (Å²) >= 11 is 0. The van der Waals surface area contributed by atoms with E-state index in [0.717, 1.165) is 42.7 Å². The Morgan fingerprint density at radius 3 is 2.58 bits per heavy atom. The molecule has 2 aromatic carbocycles. The summed E-state index contributed by atoms with van der Waals surface area (Å²) in [4.78, 5) is 12.3. The minimum atomic E-state index is -0.252. The summed E-state index contributed by atoms with van der Waals surface area (Å²) in [5, 5.41) is 6.34. The summed E-state index contributed by atoms with van der Waals surface area (Å²) in [6.07, 6.45) is 3.13. The van der Waals surface area contributed by atoms with E-state index in [9.17, 15) is 9.18 Å². The summed E-state index contributed by atoms with van der Waals surface area (Å²) in [6.45, 7) is 3.28. The number of carbonyl (C=O) groups is 1. The largest absolute Gasteiger partial charge is 0.489 e. The molecule has 0 spiro atoms. The first-order chi connectivity index (χ1) is 12.6. The van der Waals surface area contributed by atoms with Crippen molar-refractivity contribution in [2.24, 2.45) is 0 Å². The van der Waals surface area contributed by atoms with Crippen molar-refractivity contribution in [1.29, 1.82) is 0 Å². The Balaban J connectivity index is 1.51. The maximum atomic E-state index is 12.9. The number of hydrogen-bond donors (Lipinski definition) is 2. The van der Waals surface area contributed by atoms with E-state index in [1.807, 2.05) is 31.2 Å². The smallest absolute Gasteiger partial charge is 0.237 e. The molecule has 1 aliphatic rings. The molecule has 1 saturated heterocycles. The predicted molar refractivity (Wildman–Crippen MR) is 99.4 cm³/mol. The van der Waals surface area contributed by atoms with E-state index in [1.54, 1.807) is 12.1 Å². The Kier molecular flexibility index (Phi) is 6.23. The first-order valence-corrected chi connectivity index (χ1v) is 9.13. The van der Waals surface area contributed by atoms with Crippen LogP contribution in [-0.2, 0) is 11.4 Å². The van der Waals surface area contributed by atoms with E-state index >= 15 is 0 Å². The quantitative estimate of drug-likeness (QED) is 0.829. The molecule has 2 atom stereocenters. The first kappa shape index (κ1) is 18.4. The highest BCUT2D eigenvalue weighted by atomic mass is 19.1. The van der Waals surface area contributed by atoms with Gasteiger partial charge >= 0.3 is 0 Å². The van der Waals surface area contributed by atoms with Gasteiger partial charge in [-0.2, -0.15) is 0 Å². The third kappa shape index (κ3) is 5.05. The van der Waals surface area contributed by atoms with Gasteiger partial charge in [-0.3, -0.25) is 4.79 Å². The Morgan fingerprint density at radius 2 is 1.92 bits per heavy atom. The molecule has 5 heteroatoms. The minimum absolute atomic E-state index is 0.0580. The first-order valence-electron chi connectivity index (χ1n) is 9.13. The molecular weight excluding hydrogens is 331 g/mol. The van der Waals surface area contributed by atoms with Gasteiger partial charge in [-0.15, -0.1) is 0 Å². The standard InChI is InChI=1S/C21H25FN2O2/c1-15(24-21(25)20-4-2-3-13-23-20)17-7-11-19(12-8-17)26-14-16-5-9-18(22)10-6-16/h5-12,15,20,23H,2-4,13-14H2,1H3,(H,24,25). The lowest BCUT2D eigenvalue weighted by molar-refractivity contribution is -0.124. The third-order valence-electron chi connectivity index (χ3n) is 4.68. The normalized spacial score (nSPS) is 18.2. The van der Waals surface area contributed by atoms with E-state index in [2.05, 4.69) is 10.6 Å². The van der Waals surface area contributed by atoms with Gasteiger partial charge in [-0.1, -0.05) is 30.7 Å². The fourth-order valence-electron chi connectivity index (χ4n) is 3.07. The van der Waals surface area contributed by atoms with Gasteiger partial charge in [0, 0.05) is 0 Å². The van der Waals surface area contributed by atoms with E-state index in [0.29, 0.717) is 6.61 Å². The second-order valence-corrected chi connectivity index (χ2v) is 6.72. The summed E-state index contributed by atoms with van der Waals surface area (Å²) in [7, 11) is 0. The number of carbonyl (C=O) groups excluding carboxylic acids is 1. The van der Waals surface area contributed by atoms with Crippen LogP contribution in [0.1, 0.15) is 43.4 Å². The van der Waals surface area contributed by atoms with Gasteiger partial charge in [0.2, 0.25) is 5.91 Å². The van der Waals surface area contributed by atoms with Crippen LogP contribution in [-0.4, -0.2) is 18.5 Å². The summed E-state index contributed by atoms with van der Waals surface area (Å²) < 4.78 is 18.6. The molecule has 0 bridgehead atoms. The van der Waals surface area contributed by atoms with Crippen molar-refractivity contribution in [3.8, 4) is 5.75 Å². The number of nitrogens with one attached hydrogen (secondary N) is 2. The van der Waals surface area contributed by atoms with Crippen LogP contribution in [0.2, 0.25) is 0 Å². The highest BCUT2D eigenvalue weighted by molar-refractivity contribution is 5.82. The number of hydrogen-bond acceptors (Lipinski definition) is 3. The van der Waals surface area contributed by atoms with Crippen molar-refractivity contribution in [2.75, 3.05) is 6.54 Å². The van der Waals surface area contributed by atoms with Crippen LogP contribution < -0.4 is 15.4 Å². The molecule has 2 unspecified atom stereocenters. The SMILES string of the molecule is CC(NC(=O)C1CCCCN1)c1ccc(OCc2ccc(F)cc2)cc1.